The summed E-state index contributed by atoms with van der Waals surface area (Å²) in [6.45, 7) is 4.32. The van der Waals surface area contributed by atoms with Gasteiger partial charge in [-0.2, -0.15) is 0 Å². The molecule has 39 heavy (non-hydrogen) atoms. The molecule has 0 aliphatic carbocycles. The maximum absolute atomic E-state index is 12.1. The molecule has 2 heterocycles. The maximum atomic E-state index is 12.1. The molecule has 218 valence electrons. The van der Waals surface area contributed by atoms with Gasteiger partial charge in [-0.15, -0.1) is 5.10 Å². The molecular formula is C27H41N3O9. The first kappa shape index (κ1) is 31.0. The summed E-state index contributed by atoms with van der Waals surface area (Å²) in [5, 5.41) is 68.5. The minimum absolute atomic E-state index is 0.0867. The standard InChI is InChI=1S/C27H41N3O9/c1-15(2)21-18(25(30-29-21)39-26-24(37)23(36)22(35)19(12-31)38-26)11-17-9-7-16(8-10-17)5-4-6-20(34)28-27(3,13-32)14-33/h7-10,15,19,22-24,26,31-33,35-37H,4-6,11-14H2,1-3H3,(H,28,34)(H,29,30)/t19-,22+,23+,24-,26+/m1/s1. The van der Waals surface area contributed by atoms with Gasteiger partial charge in [0.1, 0.15) is 24.4 Å². The number of rotatable bonds is 13. The van der Waals surface area contributed by atoms with Crippen molar-refractivity contribution < 1.29 is 44.9 Å². The lowest BCUT2D eigenvalue weighted by Crippen LogP contribution is -2.60. The van der Waals surface area contributed by atoms with Gasteiger partial charge in [0.15, 0.2) is 0 Å². The third-order valence-corrected chi connectivity index (χ3v) is 6.93. The van der Waals surface area contributed by atoms with Gasteiger partial charge in [0.2, 0.25) is 18.1 Å². The Labute approximate surface area is 227 Å². The molecule has 0 saturated carbocycles. The quantitative estimate of drug-likeness (QED) is 0.160. The van der Waals surface area contributed by atoms with Crippen molar-refractivity contribution in [3.63, 3.8) is 0 Å². The lowest BCUT2D eigenvalue weighted by molar-refractivity contribution is -0.278. The second-order valence-corrected chi connectivity index (χ2v) is 10.7. The van der Waals surface area contributed by atoms with Gasteiger partial charge in [0.05, 0.1) is 25.4 Å². The molecule has 8 N–H and O–H groups in total. The van der Waals surface area contributed by atoms with Crippen molar-refractivity contribution >= 4 is 5.91 Å². The minimum atomic E-state index is -1.56. The SMILES string of the molecule is CC(C)c1[nH]nc(O[C@@H]2O[C@H](CO)[C@H](O)[C@H](O)[C@H]2O)c1Cc1ccc(CCCC(=O)NC(C)(CO)CO)cc1. The Balaban J connectivity index is 1.64. The first-order valence-electron chi connectivity index (χ1n) is 13.2. The van der Waals surface area contributed by atoms with E-state index < -0.39 is 42.9 Å². The second kappa shape index (κ2) is 13.7. The number of H-pyrrole nitrogens is 1. The second-order valence-electron chi connectivity index (χ2n) is 10.7. The molecule has 5 atom stereocenters. The van der Waals surface area contributed by atoms with E-state index in [1.807, 2.05) is 38.1 Å². The maximum Gasteiger partial charge on any atom is 0.238 e. The summed E-state index contributed by atoms with van der Waals surface area (Å²) >= 11 is 0. The van der Waals surface area contributed by atoms with Gasteiger partial charge < -0.3 is 45.4 Å². The fourth-order valence-corrected chi connectivity index (χ4v) is 4.39. The van der Waals surface area contributed by atoms with Gasteiger partial charge in [-0.3, -0.25) is 9.89 Å². The number of hydrogen-bond donors (Lipinski definition) is 8. The molecule has 0 radical (unpaired) electrons. The molecule has 0 bridgehead atoms. The zero-order valence-corrected chi connectivity index (χ0v) is 22.6. The van der Waals surface area contributed by atoms with Crippen molar-refractivity contribution in [1.29, 1.82) is 0 Å². The first-order chi connectivity index (χ1) is 18.5. The van der Waals surface area contributed by atoms with Crippen molar-refractivity contribution in [2.75, 3.05) is 19.8 Å². The summed E-state index contributed by atoms with van der Waals surface area (Å²) in [4.78, 5) is 12.1. The number of amides is 1. The van der Waals surface area contributed by atoms with Crippen LogP contribution in [-0.4, -0.2) is 103 Å². The number of carbonyl (C=O) groups excluding carboxylic acids is 1. The van der Waals surface area contributed by atoms with E-state index in [2.05, 4.69) is 15.5 Å². The Hall–Kier alpha value is -2.58. The lowest BCUT2D eigenvalue weighted by Gasteiger charge is -2.39. The topological polar surface area (TPSA) is 198 Å². The number of aromatic nitrogens is 2. The van der Waals surface area contributed by atoms with Crippen LogP contribution in [0, 0.1) is 0 Å². The number of aliphatic hydroxyl groups is 6. The van der Waals surface area contributed by atoms with Crippen LogP contribution in [0.15, 0.2) is 24.3 Å². The predicted octanol–water partition coefficient (Wildman–Crippen LogP) is -0.515. The van der Waals surface area contributed by atoms with E-state index in [4.69, 9.17) is 9.47 Å². The number of carbonyl (C=O) groups is 1. The highest BCUT2D eigenvalue weighted by Gasteiger charge is 2.45. The highest BCUT2D eigenvalue weighted by atomic mass is 16.7. The average molecular weight is 552 g/mol. The monoisotopic (exact) mass is 551 g/mol. The van der Waals surface area contributed by atoms with Crippen molar-refractivity contribution in [3.8, 4) is 5.88 Å². The first-order valence-corrected chi connectivity index (χ1v) is 13.2. The Morgan fingerprint density at radius 2 is 1.72 bits per heavy atom. The van der Waals surface area contributed by atoms with E-state index >= 15 is 0 Å². The molecule has 12 nitrogen and oxygen atoms in total. The van der Waals surface area contributed by atoms with Crippen molar-refractivity contribution in [2.24, 2.45) is 0 Å². The number of hydrogen-bond acceptors (Lipinski definition) is 10. The van der Waals surface area contributed by atoms with E-state index in [1.54, 1.807) is 6.92 Å². The third-order valence-electron chi connectivity index (χ3n) is 6.93. The van der Waals surface area contributed by atoms with Crippen molar-refractivity contribution in [2.45, 2.75) is 88.6 Å². The molecule has 1 amide bonds. The van der Waals surface area contributed by atoms with Gasteiger partial charge in [-0.05, 0) is 36.8 Å². The minimum Gasteiger partial charge on any atom is -0.443 e. The van der Waals surface area contributed by atoms with Gasteiger partial charge in [0, 0.05) is 24.1 Å². The molecule has 12 heteroatoms. The third kappa shape index (κ3) is 7.76. The number of ether oxygens (including phenoxy) is 2. The highest BCUT2D eigenvalue weighted by molar-refractivity contribution is 5.76. The zero-order chi connectivity index (χ0) is 28.7. The van der Waals surface area contributed by atoms with Gasteiger partial charge in [-0.1, -0.05) is 38.1 Å². The number of nitrogens with zero attached hydrogens (tertiary/aromatic N) is 1. The average Bonchev–Trinajstić information content (AvgIpc) is 3.31. The summed E-state index contributed by atoms with van der Waals surface area (Å²) in [5.74, 6) is 0.0461. The molecule has 3 rings (SSSR count). The Morgan fingerprint density at radius 3 is 2.31 bits per heavy atom. The predicted molar refractivity (Wildman–Crippen MR) is 140 cm³/mol. The number of nitrogens with one attached hydrogen (secondary N) is 2. The molecule has 1 aromatic heterocycles. The molecule has 2 aromatic rings. The summed E-state index contributed by atoms with van der Waals surface area (Å²) in [5.41, 5.74) is 2.57. The van der Waals surface area contributed by atoms with E-state index in [9.17, 15) is 35.4 Å². The lowest BCUT2D eigenvalue weighted by atomic mass is 9.97. The van der Waals surface area contributed by atoms with Gasteiger partial charge >= 0.3 is 0 Å². The Morgan fingerprint density at radius 1 is 1.08 bits per heavy atom. The van der Waals surface area contributed by atoms with Crippen LogP contribution in [0.3, 0.4) is 0 Å². The van der Waals surface area contributed by atoms with Crippen molar-refractivity contribution in [3.05, 3.63) is 46.6 Å². The van der Waals surface area contributed by atoms with Crippen LogP contribution in [0.2, 0.25) is 0 Å². The zero-order valence-electron chi connectivity index (χ0n) is 22.6. The van der Waals surface area contributed by atoms with Crippen LogP contribution in [0.1, 0.15) is 61.9 Å². The number of aryl methyl sites for hydroxylation is 1. The number of aliphatic hydroxyl groups excluding tert-OH is 6. The number of benzene rings is 1. The van der Waals surface area contributed by atoms with E-state index in [-0.39, 0.29) is 37.3 Å². The molecule has 1 saturated heterocycles. The van der Waals surface area contributed by atoms with Crippen LogP contribution >= 0.6 is 0 Å². The summed E-state index contributed by atoms with van der Waals surface area (Å²) in [7, 11) is 0. The summed E-state index contributed by atoms with van der Waals surface area (Å²) in [6.07, 6.45) is -5.00. The van der Waals surface area contributed by atoms with Crippen LogP contribution < -0.4 is 10.1 Å². The molecule has 0 unspecified atom stereocenters. The molecule has 1 aliphatic heterocycles. The van der Waals surface area contributed by atoms with E-state index in [0.717, 1.165) is 22.4 Å². The molecule has 1 aromatic carbocycles. The Bertz CT molecular complexity index is 1050. The molecular weight excluding hydrogens is 510 g/mol. The van der Waals surface area contributed by atoms with Crippen LogP contribution in [0.4, 0.5) is 0 Å². The van der Waals surface area contributed by atoms with Crippen LogP contribution in [0.5, 0.6) is 5.88 Å². The van der Waals surface area contributed by atoms with Gasteiger partial charge in [-0.25, -0.2) is 0 Å². The molecule has 0 spiro atoms. The van der Waals surface area contributed by atoms with Gasteiger partial charge in [0.25, 0.3) is 0 Å². The number of aromatic amines is 1. The largest absolute Gasteiger partial charge is 0.443 e. The smallest absolute Gasteiger partial charge is 0.238 e. The van der Waals surface area contributed by atoms with E-state index in [0.29, 0.717) is 19.3 Å². The Kier molecular flexibility index (Phi) is 10.8. The summed E-state index contributed by atoms with van der Waals surface area (Å²) in [6, 6.07) is 7.90. The van der Waals surface area contributed by atoms with Crippen molar-refractivity contribution in [1.82, 2.24) is 15.5 Å². The highest BCUT2D eigenvalue weighted by Crippen LogP contribution is 2.31. The molecule has 1 aliphatic rings. The summed E-state index contributed by atoms with van der Waals surface area (Å²) < 4.78 is 11.3. The van der Waals surface area contributed by atoms with E-state index in [1.165, 1.54) is 0 Å². The van der Waals surface area contributed by atoms with Crippen LogP contribution in [-0.2, 0) is 22.4 Å². The fourth-order valence-electron chi connectivity index (χ4n) is 4.39. The molecule has 1 fully saturated rings. The normalized spacial score (nSPS) is 23.7. The van der Waals surface area contributed by atoms with Crippen LogP contribution in [0.25, 0.3) is 0 Å². The fraction of sp³-hybridized carbons (Fsp3) is 0.630.